The fourth-order valence-electron chi connectivity index (χ4n) is 2.53. The van der Waals surface area contributed by atoms with Crippen molar-refractivity contribution in [3.8, 4) is 5.69 Å². The summed E-state index contributed by atoms with van der Waals surface area (Å²) in [4.78, 5) is 21.9. The predicted molar refractivity (Wildman–Crippen MR) is 84.1 cm³/mol. The van der Waals surface area contributed by atoms with Crippen LogP contribution >= 0.6 is 0 Å². The summed E-state index contributed by atoms with van der Waals surface area (Å²) < 4.78 is 45.6. The molecule has 0 aliphatic rings. The number of fused-ring (bicyclic) bond motifs is 1. The van der Waals surface area contributed by atoms with Gasteiger partial charge in [0.2, 0.25) is 0 Å². The van der Waals surface area contributed by atoms with Crippen molar-refractivity contribution in [1.29, 1.82) is 0 Å². The number of benzene rings is 2. The van der Waals surface area contributed by atoms with Gasteiger partial charge in [-0.15, -0.1) is 0 Å². The lowest BCUT2D eigenvalue weighted by Gasteiger charge is -2.07. The normalized spacial score (nSPS) is 11.5. The Morgan fingerprint density at radius 3 is 2.58 bits per heavy atom. The van der Waals surface area contributed by atoms with Crippen LogP contribution in [0.5, 0.6) is 0 Å². The molecule has 3 aromatic rings. The van der Waals surface area contributed by atoms with E-state index in [4.69, 9.17) is 0 Å². The number of rotatable bonds is 3. The summed E-state index contributed by atoms with van der Waals surface area (Å²) in [5.41, 5.74) is -1.84. The Hall–Kier alpha value is -3.43. The van der Waals surface area contributed by atoms with Crippen LogP contribution in [0, 0.1) is 10.1 Å². The van der Waals surface area contributed by atoms with Gasteiger partial charge < -0.3 is 4.74 Å². The zero-order valence-corrected chi connectivity index (χ0v) is 13.1. The van der Waals surface area contributed by atoms with Crippen molar-refractivity contribution in [2.45, 2.75) is 6.18 Å². The molecule has 1 aromatic heterocycles. The van der Waals surface area contributed by atoms with Crippen LogP contribution < -0.4 is 0 Å². The number of nitro benzene ring substituents is 1. The first-order valence-electron chi connectivity index (χ1n) is 7.15. The standard InChI is InChI=1S/C16H10F3N3O4/c1-26-15(23)10-4-2-3-5-14(10)21-8-11-12(16(17,18)19)6-9(22(24)25)7-13(11)20-21/h2-8H,1H3. The molecule has 0 saturated heterocycles. The number of para-hydroxylation sites is 1. The lowest BCUT2D eigenvalue weighted by Crippen LogP contribution is -2.08. The number of hydrogen-bond acceptors (Lipinski definition) is 5. The van der Waals surface area contributed by atoms with Crippen LogP contribution in [0.2, 0.25) is 0 Å². The number of nitrogens with zero attached hydrogens (tertiary/aromatic N) is 3. The van der Waals surface area contributed by atoms with Crippen LogP contribution in [0.25, 0.3) is 16.6 Å². The van der Waals surface area contributed by atoms with Gasteiger partial charge in [-0.2, -0.15) is 18.3 Å². The van der Waals surface area contributed by atoms with Crippen LogP contribution in [-0.2, 0) is 10.9 Å². The van der Waals surface area contributed by atoms with Crippen molar-refractivity contribution in [3.63, 3.8) is 0 Å². The van der Waals surface area contributed by atoms with Crippen LogP contribution in [0.3, 0.4) is 0 Å². The molecule has 10 heteroatoms. The summed E-state index contributed by atoms with van der Waals surface area (Å²) >= 11 is 0. The van der Waals surface area contributed by atoms with Gasteiger partial charge in [0.1, 0.15) is 5.52 Å². The summed E-state index contributed by atoms with van der Waals surface area (Å²) in [7, 11) is 1.17. The second-order valence-electron chi connectivity index (χ2n) is 5.26. The van der Waals surface area contributed by atoms with Gasteiger partial charge in [-0.05, 0) is 12.1 Å². The highest BCUT2D eigenvalue weighted by Crippen LogP contribution is 2.37. The molecule has 0 amide bonds. The van der Waals surface area contributed by atoms with E-state index in [0.29, 0.717) is 6.07 Å². The smallest absolute Gasteiger partial charge is 0.417 e. The van der Waals surface area contributed by atoms with Gasteiger partial charge >= 0.3 is 12.1 Å². The quantitative estimate of drug-likeness (QED) is 0.401. The largest absolute Gasteiger partial charge is 0.465 e. The average Bonchev–Trinajstić information content (AvgIpc) is 3.03. The second-order valence-corrected chi connectivity index (χ2v) is 5.26. The highest BCUT2D eigenvalue weighted by atomic mass is 19.4. The molecular formula is C16H10F3N3O4. The molecule has 0 saturated carbocycles. The molecular weight excluding hydrogens is 355 g/mol. The van der Waals surface area contributed by atoms with Crippen molar-refractivity contribution in [3.05, 3.63) is 63.8 Å². The molecule has 0 atom stereocenters. The van der Waals surface area contributed by atoms with Crippen LogP contribution in [0.4, 0.5) is 18.9 Å². The van der Waals surface area contributed by atoms with Crippen molar-refractivity contribution in [2.75, 3.05) is 7.11 Å². The predicted octanol–water partition coefficient (Wildman–Crippen LogP) is 3.74. The molecule has 0 bridgehead atoms. The minimum absolute atomic E-state index is 0.0888. The number of hydrogen-bond donors (Lipinski definition) is 0. The van der Waals surface area contributed by atoms with E-state index in [0.717, 1.165) is 16.9 Å². The van der Waals surface area contributed by atoms with E-state index in [1.807, 2.05) is 0 Å². The minimum Gasteiger partial charge on any atom is -0.465 e. The topological polar surface area (TPSA) is 87.3 Å². The first-order valence-corrected chi connectivity index (χ1v) is 7.15. The average molecular weight is 365 g/mol. The van der Waals surface area contributed by atoms with E-state index in [2.05, 4.69) is 9.84 Å². The Labute approximate surface area is 143 Å². The molecule has 0 spiro atoms. The maximum atomic E-state index is 13.3. The Morgan fingerprint density at radius 1 is 1.27 bits per heavy atom. The molecule has 26 heavy (non-hydrogen) atoms. The van der Waals surface area contributed by atoms with Crippen molar-refractivity contribution >= 4 is 22.6 Å². The fourth-order valence-corrected chi connectivity index (χ4v) is 2.53. The number of methoxy groups -OCH3 is 1. The fraction of sp³-hybridized carbons (Fsp3) is 0.125. The van der Waals surface area contributed by atoms with E-state index < -0.39 is 28.3 Å². The molecule has 0 radical (unpaired) electrons. The lowest BCUT2D eigenvalue weighted by atomic mass is 10.1. The molecule has 0 aliphatic heterocycles. The SMILES string of the molecule is COC(=O)c1ccccc1-n1cc2c(C(F)(F)F)cc([N+](=O)[O-])cc2n1. The van der Waals surface area contributed by atoms with E-state index in [1.165, 1.54) is 19.2 Å². The molecule has 0 unspecified atom stereocenters. The summed E-state index contributed by atoms with van der Waals surface area (Å²) in [6, 6.07) is 7.44. The van der Waals surface area contributed by atoms with Crippen molar-refractivity contribution in [2.24, 2.45) is 0 Å². The van der Waals surface area contributed by atoms with Gasteiger partial charge in [-0.3, -0.25) is 10.1 Å². The highest BCUT2D eigenvalue weighted by molar-refractivity contribution is 5.94. The second kappa shape index (κ2) is 6.14. The molecule has 0 N–H and O–H groups in total. The maximum absolute atomic E-state index is 13.3. The van der Waals surface area contributed by atoms with E-state index in [1.54, 1.807) is 12.1 Å². The summed E-state index contributed by atoms with van der Waals surface area (Å²) in [5, 5.41) is 14.6. The summed E-state index contributed by atoms with van der Waals surface area (Å²) in [5.74, 6) is -0.692. The number of halogens is 3. The zero-order valence-electron chi connectivity index (χ0n) is 13.1. The third-order valence-electron chi connectivity index (χ3n) is 3.68. The first-order chi connectivity index (χ1) is 12.2. The number of alkyl halides is 3. The van der Waals surface area contributed by atoms with Gasteiger partial charge in [-0.25, -0.2) is 9.48 Å². The number of carbonyl (C=O) groups is 1. The van der Waals surface area contributed by atoms with Crippen LogP contribution in [-0.4, -0.2) is 27.8 Å². The number of esters is 1. The van der Waals surface area contributed by atoms with Crippen molar-refractivity contribution in [1.82, 2.24) is 9.78 Å². The number of ether oxygens (including phenoxy) is 1. The van der Waals surface area contributed by atoms with Gasteiger partial charge in [0, 0.05) is 23.7 Å². The number of aromatic nitrogens is 2. The monoisotopic (exact) mass is 365 g/mol. The Kier molecular flexibility index (Phi) is 4.10. The third kappa shape index (κ3) is 2.96. The maximum Gasteiger partial charge on any atom is 0.417 e. The third-order valence-corrected chi connectivity index (χ3v) is 3.68. The zero-order chi connectivity index (χ0) is 19.1. The number of nitro groups is 1. The van der Waals surface area contributed by atoms with Gasteiger partial charge in [0.05, 0.1) is 28.8 Å². The van der Waals surface area contributed by atoms with Crippen LogP contribution in [0.1, 0.15) is 15.9 Å². The molecule has 134 valence electrons. The van der Waals surface area contributed by atoms with Crippen molar-refractivity contribution < 1.29 is 27.6 Å². The number of non-ortho nitro benzene ring substituents is 1. The van der Waals surface area contributed by atoms with Gasteiger partial charge in [0.25, 0.3) is 5.69 Å². The molecule has 3 rings (SSSR count). The Bertz CT molecular complexity index is 1030. The molecule has 7 nitrogen and oxygen atoms in total. The van der Waals surface area contributed by atoms with Gasteiger partial charge in [0.15, 0.2) is 0 Å². The van der Waals surface area contributed by atoms with Gasteiger partial charge in [-0.1, -0.05) is 12.1 Å². The summed E-state index contributed by atoms with van der Waals surface area (Å²) in [6.45, 7) is 0. The first kappa shape index (κ1) is 17.4. The molecule has 0 fully saturated rings. The molecule has 1 heterocycles. The highest BCUT2D eigenvalue weighted by Gasteiger charge is 2.35. The lowest BCUT2D eigenvalue weighted by molar-refractivity contribution is -0.385. The Morgan fingerprint density at radius 2 is 1.96 bits per heavy atom. The van der Waals surface area contributed by atoms with Crippen LogP contribution in [0.15, 0.2) is 42.6 Å². The number of carbonyl (C=O) groups excluding carboxylic acids is 1. The van der Waals surface area contributed by atoms with E-state index in [-0.39, 0.29) is 22.2 Å². The van der Waals surface area contributed by atoms with E-state index in [9.17, 15) is 28.1 Å². The molecule has 2 aromatic carbocycles. The summed E-state index contributed by atoms with van der Waals surface area (Å²) in [6.07, 6.45) is -3.73. The minimum atomic E-state index is -4.81. The van der Waals surface area contributed by atoms with E-state index >= 15 is 0 Å². The molecule has 0 aliphatic carbocycles. The Balaban J connectivity index is 2.29.